The summed E-state index contributed by atoms with van der Waals surface area (Å²) in [6.07, 6.45) is 1.70. The predicted octanol–water partition coefficient (Wildman–Crippen LogP) is 4.11. The first kappa shape index (κ1) is 19.4. The maximum absolute atomic E-state index is 12.7. The van der Waals surface area contributed by atoms with E-state index in [0.29, 0.717) is 39.9 Å². The van der Waals surface area contributed by atoms with E-state index in [1.807, 2.05) is 54.6 Å². The fraction of sp³-hybridized carbons (Fsp3) is 0.0417. The van der Waals surface area contributed by atoms with Gasteiger partial charge < -0.3 is 10.1 Å². The summed E-state index contributed by atoms with van der Waals surface area (Å²) >= 11 is 0. The normalized spacial score (nSPS) is 10.8. The largest absolute Gasteiger partial charge is 0.497 e. The summed E-state index contributed by atoms with van der Waals surface area (Å²) in [6, 6.07) is 23.8. The number of hydrogen-bond acceptors (Lipinski definition) is 6. The molecule has 156 valence electrons. The van der Waals surface area contributed by atoms with Crippen molar-refractivity contribution in [1.29, 1.82) is 0 Å². The molecule has 0 bridgehead atoms. The molecule has 0 atom stereocenters. The van der Waals surface area contributed by atoms with Gasteiger partial charge >= 0.3 is 0 Å². The summed E-state index contributed by atoms with van der Waals surface area (Å²) in [5.74, 6) is 0.965. The highest BCUT2D eigenvalue weighted by Gasteiger charge is 2.12. The van der Waals surface area contributed by atoms with Gasteiger partial charge in [0.1, 0.15) is 11.4 Å². The molecule has 32 heavy (non-hydrogen) atoms. The Labute approximate surface area is 183 Å². The first-order chi connectivity index (χ1) is 15.7. The lowest BCUT2D eigenvalue weighted by atomic mass is 10.1. The quantitative estimate of drug-likeness (QED) is 0.458. The molecule has 0 aliphatic rings. The van der Waals surface area contributed by atoms with Crippen molar-refractivity contribution in [3.05, 3.63) is 90.6 Å². The lowest BCUT2D eigenvalue weighted by Crippen LogP contribution is -2.11. The average Bonchev–Trinajstić information content (AvgIpc) is 3.28. The van der Waals surface area contributed by atoms with Crippen LogP contribution in [0.4, 0.5) is 5.69 Å². The maximum atomic E-state index is 12.7. The minimum Gasteiger partial charge on any atom is -0.497 e. The predicted molar refractivity (Wildman–Crippen MR) is 120 cm³/mol. The van der Waals surface area contributed by atoms with E-state index in [9.17, 15) is 4.79 Å². The second kappa shape index (κ2) is 8.27. The Morgan fingerprint density at radius 3 is 2.66 bits per heavy atom. The van der Waals surface area contributed by atoms with Crippen molar-refractivity contribution in [3.63, 3.8) is 0 Å². The molecule has 2 aromatic carbocycles. The summed E-state index contributed by atoms with van der Waals surface area (Å²) in [7, 11) is 1.57. The van der Waals surface area contributed by atoms with Gasteiger partial charge in [0.15, 0.2) is 5.65 Å². The number of benzene rings is 2. The van der Waals surface area contributed by atoms with Crippen LogP contribution in [0.1, 0.15) is 10.4 Å². The lowest BCUT2D eigenvalue weighted by Gasteiger charge is -2.09. The Morgan fingerprint density at radius 1 is 0.906 bits per heavy atom. The molecular weight excluding hydrogens is 404 g/mol. The SMILES string of the molecule is COc1cccc(C(=O)Nc2cccc(-c3ccc4nnc(-c5ccccn5)n4n3)c2)c1. The molecule has 0 aliphatic carbocycles. The molecule has 0 fully saturated rings. The zero-order chi connectivity index (χ0) is 21.9. The van der Waals surface area contributed by atoms with E-state index in [2.05, 4.69) is 20.5 Å². The third kappa shape index (κ3) is 3.77. The molecule has 0 saturated heterocycles. The third-order valence-corrected chi connectivity index (χ3v) is 4.90. The zero-order valence-corrected chi connectivity index (χ0v) is 17.1. The summed E-state index contributed by atoms with van der Waals surface area (Å²) in [6.45, 7) is 0. The van der Waals surface area contributed by atoms with Crippen LogP contribution in [-0.4, -0.2) is 37.8 Å². The number of hydrogen-bond donors (Lipinski definition) is 1. The van der Waals surface area contributed by atoms with Crippen LogP contribution >= 0.6 is 0 Å². The van der Waals surface area contributed by atoms with Crippen molar-refractivity contribution >= 4 is 17.2 Å². The van der Waals surface area contributed by atoms with Crippen LogP contribution in [0.2, 0.25) is 0 Å². The van der Waals surface area contributed by atoms with Gasteiger partial charge in [-0.1, -0.05) is 24.3 Å². The van der Waals surface area contributed by atoms with Gasteiger partial charge in [-0.3, -0.25) is 9.78 Å². The Kier molecular flexibility index (Phi) is 5.01. The van der Waals surface area contributed by atoms with Crippen LogP contribution in [0.3, 0.4) is 0 Å². The number of aromatic nitrogens is 5. The molecule has 8 nitrogen and oxygen atoms in total. The topological polar surface area (TPSA) is 94.3 Å². The number of nitrogens with zero attached hydrogens (tertiary/aromatic N) is 5. The van der Waals surface area contributed by atoms with E-state index >= 15 is 0 Å². The van der Waals surface area contributed by atoms with Gasteiger partial charge in [-0.2, -0.15) is 9.61 Å². The Morgan fingerprint density at radius 2 is 1.81 bits per heavy atom. The number of anilines is 1. The molecule has 5 aromatic rings. The summed E-state index contributed by atoms with van der Waals surface area (Å²) in [4.78, 5) is 17.0. The minimum absolute atomic E-state index is 0.222. The molecule has 0 radical (unpaired) electrons. The van der Waals surface area contributed by atoms with Crippen LogP contribution in [0.5, 0.6) is 5.75 Å². The highest BCUT2D eigenvalue weighted by Crippen LogP contribution is 2.23. The first-order valence-corrected chi connectivity index (χ1v) is 9.91. The van der Waals surface area contributed by atoms with E-state index in [1.165, 1.54) is 0 Å². The van der Waals surface area contributed by atoms with Gasteiger partial charge in [-0.15, -0.1) is 10.2 Å². The number of carbonyl (C=O) groups excluding carboxylic acids is 1. The number of ether oxygens (including phenoxy) is 1. The van der Waals surface area contributed by atoms with Gasteiger partial charge in [0.05, 0.1) is 12.8 Å². The average molecular weight is 422 g/mol. The van der Waals surface area contributed by atoms with E-state index < -0.39 is 0 Å². The van der Waals surface area contributed by atoms with Crippen molar-refractivity contribution < 1.29 is 9.53 Å². The van der Waals surface area contributed by atoms with Crippen LogP contribution < -0.4 is 10.1 Å². The zero-order valence-electron chi connectivity index (χ0n) is 17.1. The molecule has 0 unspecified atom stereocenters. The fourth-order valence-electron chi connectivity index (χ4n) is 3.32. The second-order valence-electron chi connectivity index (χ2n) is 6.99. The summed E-state index contributed by atoms with van der Waals surface area (Å²) in [5.41, 5.74) is 4.04. The molecule has 3 aromatic heterocycles. The highest BCUT2D eigenvalue weighted by molar-refractivity contribution is 6.04. The van der Waals surface area contributed by atoms with E-state index in [4.69, 9.17) is 9.84 Å². The third-order valence-electron chi connectivity index (χ3n) is 4.90. The molecule has 1 amide bonds. The maximum Gasteiger partial charge on any atom is 0.255 e. The lowest BCUT2D eigenvalue weighted by molar-refractivity contribution is 0.102. The van der Waals surface area contributed by atoms with E-state index in [1.54, 1.807) is 42.1 Å². The molecule has 0 aliphatic heterocycles. The van der Waals surface area contributed by atoms with E-state index in [0.717, 1.165) is 5.56 Å². The van der Waals surface area contributed by atoms with Crippen molar-refractivity contribution in [2.45, 2.75) is 0 Å². The van der Waals surface area contributed by atoms with Gasteiger partial charge in [0, 0.05) is 23.0 Å². The molecule has 0 spiro atoms. The van der Waals surface area contributed by atoms with Crippen LogP contribution in [0.25, 0.3) is 28.4 Å². The molecule has 5 rings (SSSR count). The van der Waals surface area contributed by atoms with Crippen LogP contribution in [-0.2, 0) is 0 Å². The number of fused-ring (bicyclic) bond motifs is 1. The van der Waals surface area contributed by atoms with Crippen molar-refractivity contribution in [2.24, 2.45) is 0 Å². The summed E-state index contributed by atoms with van der Waals surface area (Å²) in [5, 5.41) is 16.0. The molecule has 3 heterocycles. The van der Waals surface area contributed by atoms with Crippen molar-refractivity contribution in [1.82, 2.24) is 24.8 Å². The van der Waals surface area contributed by atoms with Crippen LogP contribution in [0.15, 0.2) is 85.1 Å². The second-order valence-corrected chi connectivity index (χ2v) is 6.99. The monoisotopic (exact) mass is 422 g/mol. The molecule has 8 heteroatoms. The Balaban J connectivity index is 1.45. The smallest absolute Gasteiger partial charge is 0.255 e. The first-order valence-electron chi connectivity index (χ1n) is 9.91. The minimum atomic E-state index is -0.222. The van der Waals surface area contributed by atoms with Gasteiger partial charge in [-0.25, -0.2) is 0 Å². The van der Waals surface area contributed by atoms with Gasteiger partial charge in [0.25, 0.3) is 5.91 Å². The highest BCUT2D eigenvalue weighted by atomic mass is 16.5. The van der Waals surface area contributed by atoms with Crippen LogP contribution in [0, 0.1) is 0 Å². The number of rotatable bonds is 5. The van der Waals surface area contributed by atoms with E-state index in [-0.39, 0.29) is 5.91 Å². The Hall–Kier alpha value is -4.59. The molecular formula is C24H18N6O2. The number of carbonyl (C=O) groups is 1. The molecule has 0 saturated carbocycles. The number of amides is 1. The molecule has 1 N–H and O–H groups in total. The van der Waals surface area contributed by atoms with Crippen molar-refractivity contribution in [3.8, 4) is 28.5 Å². The number of nitrogens with one attached hydrogen (secondary N) is 1. The van der Waals surface area contributed by atoms with Gasteiger partial charge in [0.2, 0.25) is 5.82 Å². The Bertz CT molecular complexity index is 1410. The van der Waals surface area contributed by atoms with Crippen molar-refractivity contribution in [2.75, 3.05) is 12.4 Å². The summed E-state index contributed by atoms with van der Waals surface area (Å²) < 4.78 is 6.86. The standard InChI is InChI=1S/C24H18N6O2/c1-32-19-9-5-7-17(15-19)24(31)26-18-8-4-6-16(14-18)20-11-12-22-27-28-23(30(22)29-20)21-10-2-3-13-25-21/h2-15H,1H3,(H,26,31). The number of methoxy groups -OCH3 is 1. The number of pyridine rings is 1. The fourth-order valence-corrected chi connectivity index (χ4v) is 3.32. The van der Waals surface area contributed by atoms with Gasteiger partial charge in [-0.05, 0) is 54.6 Å².